The van der Waals surface area contributed by atoms with Crippen molar-refractivity contribution in [3.05, 3.63) is 120 Å². The summed E-state index contributed by atoms with van der Waals surface area (Å²) in [6.45, 7) is 6.63. The van der Waals surface area contributed by atoms with Crippen LogP contribution in [0.1, 0.15) is 30.0 Å². The predicted molar refractivity (Wildman–Crippen MR) is 160 cm³/mol. The number of carbonyl (C=O) groups excluding carboxylic acids is 1. The molecule has 210 valence electrons. The van der Waals surface area contributed by atoms with Crippen LogP contribution < -0.4 is 4.72 Å². The van der Waals surface area contributed by atoms with Gasteiger partial charge in [-0.25, -0.2) is 4.79 Å². The highest BCUT2D eigenvalue weighted by Crippen LogP contribution is 2.52. The van der Waals surface area contributed by atoms with E-state index in [9.17, 15) is 13.2 Å². The highest BCUT2D eigenvalue weighted by molar-refractivity contribution is 8.01. The van der Waals surface area contributed by atoms with Crippen LogP contribution in [0.15, 0.2) is 104 Å². The monoisotopic (exact) mass is 577 g/mol. The number of amides is 1. The molecule has 2 saturated heterocycles. The first-order chi connectivity index (χ1) is 19.3. The second-order valence-corrected chi connectivity index (χ2v) is 13.5. The Hall–Kier alpha value is -3.11. The molecule has 9 heteroatoms. The van der Waals surface area contributed by atoms with Crippen molar-refractivity contribution in [2.45, 2.75) is 35.4 Å². The Morgan fingerprint density at radius 3 is 1.95 bits per heavy atom. The molecule has 3 aromatic carbocycles. The quantitative estimate of drug-likeness (QED) is 0.286. The maximum absolute atomic E-state index is 13.2. The summed E-state index contributed by atoms with van der Waals surface area (Å²) in [5.74, 6) is 0. The summed E-state index contributed by atoms with van der Waals surface area (Å²) in [6.07, 6.45) is 1.72. The third kappa shape index (κ3) is 5.83. The average molecular weight is 578 g/mol. The van der Waals surface area contributed by atoms with Crippen LogP contribution in [-0.4, -0.2) is 67.3 Å². The fourth-order valence-corrected chi connectivity index (χ4v) is 9.11. The lowest BCUT2D eigenvalue weighted by Crippen LogP contribution is -2.44. The topological polar surface area (TPSA) is 79.0 Å². The maximum atomic E-state index is 13.2. The van der Waals surface area contributed by atoms with Gasteiger partial charge in [-0.1, -0.05) is 104 Å². The third-order valence-corrected chi connectivity index (χ3v) is 10.8. The Bertz CT molecular complexity index is 1310. The smallest absolute Gasteiger partial charge is 0.410 e. The van der Waals surface area contributed by atoms with Crippen molar-refractivity contribution in [1.29, 1.82) is 0 Å². The molecule has 3 aromatic rings. The van der Waals surface area contributed by atoms with E-state index in [1.165, 1.54) is 10.4 Å². The molecule has 0 spiro atoms. The van der Waals surface area contributed by atoms with E-state index in [1.54, 1.807) is 4.90 Å². The van der Waals surface area contributed by atoms with Crippen molar-refractivity contribution in [1.82, 2.24) is 13.9 Å². The van der Waals surface area contributed by atoms with E-state index in [2.05, 4.69) is 84.1 Å². The van der Waals surface area contributed by atoms with Crippen molar-refractivity contribution < 1.29 is 17.9 Å². The summed E-state index contributed by atoms with van der Waals surface area (Å²) in [5, 5.41) is 0.0117. The summed E-state index contributed by atoms with van der Waals surface area (Å²) >= 11 is 1.81. The zero-order valence-corrected chi connectivity index (χ0v) is 24.2. The Balaban J connectivity index is 1.53. The molecule has 1 amide bonds. The number of rotatable bonds is 9. The first-order valence-corrected chi connectivity index (χ1v) is 15.8. The molecular weight excluding hydrogens is 542 g/mol. The maximum Gasteiger partial charge on any atom is 0.410 e. The fourth-order valence-electron chi connectivity index (χ4n) is 5.72. The van der Waals surface area contributed by atoms with Crippen LogP contribution in [0.3, 0.4) is 0 Å². The van der Waals surface area contributed by atoms with Crippen molar-refractivity contribution in [3.8, 4) is 0 Å². The van der Waals surface area contributed by atoms with Gasteiger partial charge in [-0.15, -0.1) is 11.8 Å². The summed E-state index contributed by atoms with van der Waals surface area (Å²) < 4.78 is 34.5. The SMILES string of the molecule is C=CCOC(=O)N1C[C@@H](SC(c2ccccc2)(c2ccccc2)c2ccccc2)C[C@H]1CN1CC(C)NS1(=O)=O. The van der Waals surface area contributed by atoms with Gasteiger partial charge in [0.1, 0.15) is 6.61 Å². The minimum atomic E-state index is -3.59. The Morgan fingerprint density at radius 2 is 1.50 bits per heavy atom. The average Bonchev–Trinajstić information content (AvgIpc) is 3.49. The first kappa shape index (κ1) is 28.4. The van der Waals surface area contributed by atoms with E-state index in [0.717, 1.165) is 16.7 Å². The minimum absolute atomic E-state index is 0.0117. The standard InChI is InChI=1S/C31H35N3O4S2/c1-3-19-38-30(35)34-23-29(20-28(34)22-33-21-24(2)32-40(33,36)37)39-31(25-13-7-4-8-14-25,26-15-9-5-10-16-26)27-17-11-6-12-18-27/h3-18,24,28-29,32H,1,19-23H2,2H3/t24?,28-,29-/m0/s1. The molecule has 1 unspecified atom stereocenters. The molecule has 3 atom stereocenters. The molecule has 0 aliphatic carbocycles. The molecule has 0 aromatic heterocycles. The summed E-state index contributed by atoms with van der Waals surface area (Å²) in [7, 11) is -3.59. The number of thioether (sulfide) groups is 1. The number of hydrogen-bond donors (Lipinski definition) is 1. The molecule has 0 radical (unpaired) electrons. The molecule has 40 heavy (non-hydrogen) atoms. The molecule has 2 aliphatic rings. The number of carbonyl (C=O) groups is 1. The highest BCUT2D eigenvalue weighted by Gasteiger charge is 2.46. The van der Waals surface area contributed by atoms with Gasteiger partial charge in [0.15, 0.2) is 0 Å². The van der Waals surface area contributed by atoms with Gasteiger partial charge in [-0.2, -0.15) is 17.4 Å². The molecular formula is C31H35N3O4S2. The van der Waals surface area contributed by atoms with Gasteiger partial charge in [0.05, 0.1) is 10.8 Å². The van der Waals surface area contributed by atoms with Crippen LogP contribution in [0.4, 0.5) is 4.79 Å². The number of benzene rings is 3. The molecule has 2 heterocycles. The van der Waals surface area contributed by atoms with E-state index >= 15 is 0 Å². The van der Waals surface area contributed by atoms with Crippen LogP contribution >= 0.6 is 11.8 Å². The van der Waals surface area contributed by atoms with E-state index in [-0.39, 0.29) is 30.5 Å². The molecule has 7 nitrogen and oxygen atoms in total. The number of ether oxygens (including phenoxy) is 1. The molecule has 1 N–H and O–H groups in total. The summed E-state index contributed by atoms with van der Waals surface area (Å²) in [6, 6.07) is 30.8. The fraction of sp³-hybridized carbons (Fsp3) is 0.323. The van der Waals surface area contributed by atoms with Gasteiger partial charge < -0.3 is 9.64 Å². The van der Waals surface area contributed by atoms with E-state index in [0.29, 0.717) is 19.5 Å². The lowest BCUT2D eigenvalue weighted by molar-refractivity contribution is 0.104. The Morgan fingerprint density at radius 1 is 0.975 bits per heavy atom. The van der Waals surface area contributed by atoms with Crippen molar-refractivity contribution in [3.63, 3.8) is 0 Å². The van der Waals surface area contributed by atoms with Gasteiger partial charge in [0.2, 0.25) is 0 Å². The van der Waals surface area contributed by atoms with Crippen molar-refractivity contribution in [2.24, 2.45) is 0 Å². The molecule has 0 saturated carbocycles. The van der Waals surface area contributed by atoms with Crippen molar-refractivity contribution in [2.75, 3.05) is 26.2 Å². The second kappa shape index (κ2) is 12.2. The lowest BCUT2D eigenvalue weighted by atomic mass is 9.84. The zero-order chi connectivity index (χ0) is 28.2. The van der Waals surface area contributed by atoms with Crippen LogP contribution in [0.2, 0.25) is 0 Å². The number of nitrogens with one attached hydrogen (secondary N) is 1. The second-order valence-electron chi connectivity index (χ2n) is 10.3. The summed E-state index contributed by atoms with van der Waals surface area (Å²) in [5.41, 5.74) is 3.42. The van der Waals surface area contributed by atoms with Crippen LogP contribution in [0, 0.1) is 0 Å². The van der Waals surface area contributed by atoms with Crippen LogP contribution in [0.25, 0.3) is 0 Å². The highest BCUT2D eigenvalue weighted by atomic mass is 32.2. The minimum Gasteiger partial charge on any atom is -0.445 e. The largest absolute Gasteiger partial charge is 0.445 e. The van der Waals surface area contributed by atoms with Crippen molar-refractivity contribution >= 4 is 28.1 Å². The third-order valence-electron chi connectivity index (χ3n) is 7.40. The van der Waals surface area contributed by atoms with E-state index in [4.69, 9.17) is 4.74 Å². The van der Waals surface area contributed by atoms with Gasteiger partial charge >= 0.3 is 6.09 Å². The summed E-state index contributed by atoms with van der Waals surface area (Å²) in [4.78, 5) is 14.9. The van der Waals surface area contributed by atoms with Gasteiger partial charge in [0, 0.05) is 30.9 Å². The van der Waals surface area contributed by atoms with Crippen LogP contribution in [0.5, 0.6) is 0 Å². The number of nitrogens with zero attached hydrogens (tertiary/aromatic N) is 2. The Kier molecular flexibility index (Phi) is 8.65. The zero-order valence-electron chi connectivity index (χ0n) is 22.6. The van der Waals surface area contributed by atoms with Gasteiger partial charge in [-0.05, 0) is 30.0 Å². The lowest BCUT2D eigenvalue weighted by Gasteiger charge is -2.37. The van der Waals surface area contributed by atoms with Gasteiger partial charge in [0.25, 0.3) is 10.2 Å². The predicted octanol–water partition coefficient (Wildman–Crippen LogP) is 5.02. The van der Waals surface area contributed by atoms with E-state index < -0.39 is 21.0 Å². The molecule has 5 rings (SSSR count). The van der Waals surface area contributed by atoms with Gasteiger partial charge in [-0.3, -0.25) is 0 Å². The molecule has 2 aliphatic heterocycles. The Labute approximate surface area is 241 Å². The number of likely N-dealkylation sites (tertiary alicyclic amines) is 1. The van der Waals surface area contributed by atoms with E-state index in [1.807, 2.05) is 36.9 Å². The number of hydrogen-bond acceptors (Lipinski definition) is 5. The van der Waals surface area contributed by atoms with Crippen LogP contribution in [-0.2, 0) is 19.7 Å². The first-order valence-electron chi connectivity index (χ1n) is 13.5. The molecule has 2 fully saturated rings. The normalized spacial score (nSPS) is 22.7. The molecule has 0 bridgehead atoms.